The number of halogens is 1. The van der Waals surface area contributed by atoms with E-state index in [9.17, 15) is 4.79 Å². The normalized spacial score (nSPS) is 10.7. The minimum atomic E-state index is -0.382. The summed E-state index contributed by atoms with van der Waals surface area (Å²) in [6.07, 6.45) is 0. The van der Waals surface area contributed by atoms with Crippen LogP contribution in [0.2, 0.25) is 5.02 Å². The van der Waals surface area contributed by atoms with Crippen molar-refractivity contribution >= 4 is 23.2 Å². The van der Waals surface area contributed by atoms with Crippen LogP contribution in [0.15, 0.2) is 72.8 Å². The molecule has 0 fully saturated rings. The van der Waals surface area contributed by atoms with Gasteiger partial charge in [-0.1, -0.05) is 47.5 Å². The van der Waals surface area contributed by atoms with Crippen LogP contribution in [-0.4, -0.2) is 20.7 Å². The number of rotatable bonds is 4. The Bertz CT molecular complexity index is 1120. The Morgan fingerprint density at radius 3 is 2.31 bits per heavy atom. The fraction of sp³-hybridized carbons (Fsp3) is 0.0870. The molecule has 1 amide bonds. The van der Waals surface area contributed by atoms with E-state index in [0.29, 0.717) is 16.5 Å². The minimum absolute atomic E-state index is 0.0953. The van der Waals surface area contributed by atoms with Gasteiger partial charge in [-0.2, -0.15) is 0 Å². The molecule has 0 radical (unpaired) electrons. The summed E-state index contributed by atoms with van der Waals surface area (Å²) in [5.41, 5.74) is 4.57. The zero-order valence-electron chi connectivity index (χ0n) is 16.1. The van der Waals surface area contributed by atoms with E-state index in [1.165, 1.54) is 0 Å². The molecule has 5 nitrogen and oxygen atoms in total. The predicted molar refractivity (Wildman–Crippen MR) is 116 cm³/mol. The van der Waals surface area contributed by atoms with Gasteiger partial charge in [0, 0.05) is 16.3 Å². The number of anilines is 1. The third-order valence-electron chi connectivity index (χ3n) is 4.43. The Balaban J connectivity index is 1.76. The van der Waals surface area contributed by atoms with Crippen molar-refractivity contribution in [1.29, 1.82) is 0 Å². The molecule has 0 aliphatic rings. The lowest BCUT2D eigenvalue weighted by Gasteiger charge is -2.07. The highest BCUT2D eigenvalue weighted by atomic mass is 35.5. The van der Waals surface area contributed by atoms with Gasteiger partial charge in [0.1, 0.15) is 0 Å². The van der Waals surface area contributed by atoms with Gasteiger partial charge in [0.25, 0.3) is 5.91 Å². The van der Waals surface area contributed by atoms with E-state index in [1.54, 1.807) is 28.9 Å². The van der Waals surface area contributed by atoms with Crippen molar-refractivity contribution < 1.29 is 4.79 Å². The van der Waals surface area contributed by atoms with E-state index in [4.69, 9.17) is 11.6 Å². The monoisotopic (exact) mass is 402 g/mol. The molecule has 0 bridgehead atoms. The second kappa shape index (κ2) is 7.89. The third kappa shape index (κ3) is 4.20. The first-order valence-electron chi connectivity index (χ1n) is 9.18. The number of amides is 1. The maximum absolute atomic E-state index is 12.8. The minimum Gasteiger partial charge on any atom is -0.319 e. The van der Waals surface area contributed by atoms with E-state index in [0.717, 1.165) is 22.4 Å². The number of carbonyl (C=O) groups excluding carboxylic acids is 1. The van der Waals surface area contributed by atoms with Crippen molar-refractivity contribution in [3.63, 3.8) is 0 Å². The summed E-state index contributed by atoms with van der Waals surface area (Å²) >= 11 is 5.91. The number of nitrogens with one attached hydrogen (secondary N) is 1. The summed E-state index contributed by atoms with van der Waals surface area (Å²) < 4.78 is 1.71. The van der Waals surface area contributed by atoms with Crippen LogP contribution in [0, 0.1) is 13.8 Å². The zero-order chi connectivity index (χ0) is 20.4. The summed E-state index contributed by atoms with van der Waals surface area (Å²) in [4.78, 5) is 17.3. The highest BCUT2D eigenvalue weighted by Crippen LogP contribution is 2.23. The second-order valence-electron chi connectivity index (χ2n) is 6.84. The topological polar surface area (TPSA) is 59.8 Å². The number of aromatic nitrogens is 3. The molecule has 1 heterocycles. The van der Waals surface area contributed by atoms with Crippen LogP contribution in [-0.2, 0) is 0 Å². The van der Waals surface area contributed by atoms with Gasteiger partial charge in [0.2, 0.25) is 5.82 Å². The summed E-state index contributed by atoms with van der Waals surface area (Å²) in [7, 11) is 0. The Hall–Kier alpha value is -3.44. The lowest BCUT2D eigenvalue weighted by atomic mass is 10.1. The molecule has 0 atom stereocenters. The van der Waals surface area contributed by atoms with Crippen molar-refractivity contribution in [3.05, 3.63) is 94.8 Å². The molecular formula is C23H19ClN4O. The third-order valence-corrected chi connectivity index (χ3v) is 4.69. The smallest absolute Gasteiger partial charge is 0.295 e. The fourth-order valence-corrected chi connectivity index (χ4v) is 3.17. The van der Waals surface area contributed by atoms with Gasteiger partial charge in [-0.05, 0) is 61.9 Å². The molecule has 4 rings (SSSR count). The van der Waals surface area contributed by atoms with Crippen molar-refractivity contribution in [3.8, 4) is 17.1 Å². The summed E-state index contributed by atoms with van der Waals surface area (Å²) in [6.45, 7) is 4.03. The lowest BCUT2D eigenvalue weighted by Crippen LogP contribution is -2.14. The molecule has 0 aliphatic carbocycles. The lowest BCUT2D eigenvalue weighted by molar-refractivity contribution is 0.101. The SMILES string of the molecule is Cc1cccc(-c2nc(C(=O)Nc3ccc(Cl)cc3)nn2-c2cccc(C)c2)c1. The Labute approximate surface area is 174 Å². The van der Waals surface area contributed by atoms with Crippen LogP contribution in [0.1, 0.15) is 21.7 Å². The predicted octanol–water partition coefficient (Wildman–Crippen LogP) is 5.46. The van der Waals surface area contributed by atoms with Crippen molar-refractivity contribution in [1.82, 2.24) is 14.8 Å². The van der Waals surface area contributed by atoms with Crippen LogP contribution in [0.5, 0.6) is 0 Å². The zero-order valence-corrected chi connectivity index (χ0v) is 16.8. The van der Waals surface area contributed by atoms with E-state index in [1.807, 2.05) is 62.4 Å². The van der Waals surface area contributed by atoms with Gasteiger partial charge in [-0.25, -0.2) is 9.67 Å². The number of nitrogens with zero attached hydrogens (tertiary/aromatic N) is 3. The van der Waals surface area contributed by atoms with Crippen LogP contribution in [0.3, 0.4) is 0 Å². The molecular weight excluding hydrogens is 384 g/mol. The van der Waals surface area contributed by atoms with Crippen LogP contribution in [0.4, 0.5) is 5.69 Å². The van der Waals surface area contributed by atoms with E-state index >= 15 is 0 Å². The van der Waals surface area contributed by atoms with E-state index in [-0.39, 0.29) is 11.7 Å². The number of hydrogen-bond donors (Lipinski definition) is 1. The average molecular weight is 403 g/mol. The summed E-state index contributed by atoms with van der Waals surface area (Å²) in [5, 5.41) is 7.93. The molecule has 3 aromatic carbocycles. The van der Waals surface area contributed by atoms with Gasteiger partial charge in [0.15, 0.2) is 5.82 Å². The molecule has 6 heteroatoms. The van der Waals surface area contributed by atoms with Gasteiger partial charge in [0.05, 0.1) is 5.69 Å². The quantitative estimate of drug-likeness (QED) is 0.493. The Kier molecular flexibility index (Phi) is 5.14. The van der Waals surface area contributed by atoms with Crippen molar-refractivity contribution in [2.45, 2.75) is 13.8 Å². The largest absolute Gasteiger partial charge is 0.319 e. The molecule has 0 saturated heterocycles. The first-order chi connectivity index (χ1) is 14.0. The highest BCUT2D eigenvalue weighted by Gasteiger charge is 2.19. The Morgan fingerprint density at radius 1 is 0.931 bits per heavy atom. The number of benzene rings is 3. The molecule has 0 spiro atoms. The van der Waals surface area contributed by atoms with Crippen LogP contribution in [0.25, 0.3) is 17.1 Å². The molecule has 144 valence electrons. The molecule has 0 unspecified atom stereocenters. The van der Waals surface area contributed by atoms with Crippen molar-refractivity contribution in [2.24, 2.45) is 0 Å². The van der Waals surface area contributed by atoms with Gasteiger partial charge >= 0.3 is 0 Å². The summed E-state index contributed by atoms with van der Waals surface area (Å²) in [6, 6.07) is 22.8. The van der Waals surface area contributed by atoms with Gasteiger partial charge < -0.3 is 5.32 Å². The standard InChI is InChI=1S/C23H19ClN4O/c1-15-5-3-7-17(13-15)22-26-21(23(29)25-19-11-9-18(24)10-12-19)27-28(22)20-8-4-6-16(2)14-20/h3-14H,1-2H3,(H,25,29). The number of hydrogen-bond acceptors (Lipinski definition) is 3. The van der Waals surface area contributed by atoms with Crippen LogP contribution >= 0.6 is 11.6 Å². The fourth-order valence-electron chi connectivity index (χ4n) is 3.04. The molecule has 4 aromatic rings. The molecule has 0 saturated carbocycles. The van der Waals surface area contributed by atoms with Gasteiger partial charge in [-0.3, -0.25) is 4.79 Å². The molecule has 29 heavy (non-hydrogen) atoms. The van der Waals surface area contributed by atoms with E-state index < -0.39 is 0 Å². The Morgan fingerprint density at radius 2 is 1.62 bits per heavy atom. The number of aryl methyl sites for hydroxylation is 2. The highest BCUT2D eigenvalue weighted by molar-refractivity contribution is 6.30. The first kappa shape index (κ1) is 18.9. The van der Waals surface area contributed by atoms with Crippen molar-refractivity contribution in [2.75, 3.05) is 5.32 Å². The first-order valence-corrected chi connectivity index (χ1v) is 9.55. The number of carbonyl (C=O) groups is 1. The second-order valence-corrected chi connectivity index (χ2v) is 7.28. The maximum atomic E-state index is 12.8. The summed E-state index contributed by atoms with van der Waals surface area (Å²) in [5.74, 6) is 0.325. The van der Waals surface area contributed by atoms with Crippen LogP contribution < -0.4 is 5.32 Å². The van der Waals surface area contributed by atoms with Gasteiger partial charge in [-0.15, -0.1) is 5.10 Å². The average Bonchev–Trinajstić information content (AvgIpc) is 3.15. The van der Waals surface area contributed by atoms with E-state index in [2.05, 4.69) is 15.4 Å². The molecule has 1 aromatic heterocycles. The molecule has 1 N–H and O–H groups in total. The molecule has 0 aliphatic heterocycles. The maximum Gasteiger partial charge on any atom is 0.295 e.